The van der Waals surface area contributed by atoms with Gasteiger partial charge in [-0.05, 0) is 40.6 Å². The van der Waals surface area contributed by atoms with E-state index in [1.165, 1.54) is 32.1 Å². The Balaban J connectivity index is 1.78. The Kier molecular flexibility index (Phi) is 4.77. The van der Waals surface area contributed by atoms with Crippen LogP contribution in [0.25, 0.3) is 0 Å². The maximum atomic E-state index is 4.22. The zero-order valence-electron chi connectivity index (χ0n) is 10.3. The maximum absolute atomic E-state index is 4.22. The maximum Gasteiger partial charge on any atom is 0.143 e. The molecule has 0 spiro atoms. The summed E-state index contributed by atoms with van der Waals surface area (Å²) in [6, 6.07) is 0. The Bertz CT molecular complexity index is 348. The van der Waals surface area contributed by atoms with Crippen LogP contribution >= 0.6 is 15.9 Å². The molecule has 0 aliphatic heterocycles. The highest BCUT2D eigenvalue weighted by Crippen LogP contribution is 2.30. The second kappa shape index (κ2) is 6.34. The summed E-state index contributed by atoms with van der Waals surface area (Å²) in [4.78, 5) is 8.19. The van der Waals surface area contributed by atoms with Crippen LogP contribution in [-0.4, -0.2) is 16.5 Å². The zero-order valence-corrected chi connectivity index (χ0v) is 11.9. The van der Waals surface area contributed by atoms with E-state index in [0.29, 0.717) is 0 Å². The SMILES string of the molecule is CCC1CCC(CNc2ncncc2Br)CC1. The average Bonchev–Trinajstić information content (AvgIpc) is 2.38. The molecule has 1 saturated carbocycles. The van der Waals surface area contributed by atoms with E-state index in [0.717, 1.165) is 28.7 Å². The van der Waals surface area contributed by atoms with Crippen molar-refractivity contribution in [2.45, 2.75) is 39.0 Å². The fraction of sp³-hybridized carbons (Fsp3) is 0.692. The van der Waals surface area contributed by atoms with Crippen LogP contribution in [0.15, 0.2) is 17.0 Å². The van der Waals surface area contributed by atoms with Crippen LogP contribution in [0.2, 0.25) is 0 Å². The number of nitrogens with one attached hydrogen (secondary N) is 1. The van der Waals surface area contributed by atoms with E-state index in [4.69, 9.17) is 0 Å². The predicted octanol–water partition coefficient (Wildman–Crippen LogP) is 3.87. The normalized spacial score (nSPS) is 24.6. The quantitative estimate of drug-likeness (QED) is 0.917. The van der Waals surface area contributed by atoms with Crippen molar-refractivity contribution in [3.63, 3.8) is 0 Å². The molecule has 1 aliphatic rings. The van der Waals surface area contributed by atoms with Crippen LogP contribution in [0.4, 0.5) is 5.82 Å². The minimum Gasteiger partial charge on any atom is -0.369 e. The van der Waals surface area contributed by atoms with E-state index in [-0.39, 0.29) is 0 Å². The summed E-state index contributed by atoms with van der Waals surface area (Å²) < 4.78 is 0.947. The zero-order chi connectivity index (χ0) is 12.1. The van der Waals surface area contributed by atoms with Crippen LogP contribution in [0, 0.1) is 11.8 Å². The minimum atomic E-state index is 0.805. The molecule has 1 aromatic rings. The molecule has 0 amide bonds. The van der Waals surface area contributed by atoms with Gasteiger partial charge < -0.3 is 5.32 Å². The van der Waals surface area contributed by atoms with Crippen molar-refractivity contribution < 1.29 is 0 Å². The van der Waals surface area contributed by atoms with Crippen molar-refractivity contribution in [1.82, 2.24) is 9.97 Å². The van der Waals surface area contributed by atoms with Gasteiger partial charge in [-0.1, -0.05) is 26.2 Å². The lowest BCUT2D eigenvalue weighted by atomic mass is 9.81. The Morgan fingerprint density at radius 1 is 1.29 bits per heavy atom. The van der Waals surface area contributed by atoms with Gasteiger partial charge in [0.1, 0.15) is 12.1 Å². The Hall–Kier alpha value is -0.640. The van der Waals surface area contributed by atoms with Gasteiger partial charge in [-0.3, -0.25) is 0 Å². The molecule has 0 aromatic carbocycles. The summed E-state index contributed by atoms with van der Waals surface area (Å²) in [7, 11) is 0. The molecule has 0 unspecified atom stereocenters. The van der Waals surface area contributed by atoms with Gasteiger partial charge in [0.25, 0.3) is 0 Å². The number of nitrogens with zero attached hydrogens (tertiary/aromatic N) is 2. The van der Waals surface area contributed by atoms with Gasteiger partial charge in [0.2, 0.25) is 0 Å². The predicted molar refractivity (Wildman–Crippen MR) is 74.0 cm³/mol. The molecular weight excluding hydrogens is 278 g/mol. The van der Waals surface area contributed by atoms with Crippen molar-refractivity contribution >= 4 is 21.7 Å². The third-order valence-corrected chi connectivity index (χ3v) is 4.35. The lowest BCUT2D eigenvalue weighted by molar-refractivity contribution is 0.278. The van der Waals surface area contributed by atoms with Crippen molar-refractivity contribution in [2.75, 3.05) is 11.9 Å². The molecule has 17 heavy (non-hydrogen) atoms. The van der Waals surface area contributed by atoms with Crippen LogP contribution in [-0.2, 0) is 0 Å². The summed E-state index contributed by atoms with van der Waals surface area (Å²) in [6.45, 7) is 3.34. The third-order valence-electron chi connectivity index (χ3n) is 3.77. The molecule has 0 saturated heterocycles. The molecule has 1 aliphatic carbocycles. The Morgan fingerprint density at radius 3 is 2.65 bits per heavy atom. The summed E-state index contributed by atoms with van der Waals surface area (Å²) in [6.07, 6.45) is 10.2. The van der Waals surface area contributed by atoms with Crippen LogP contribution < -0.4 is 5.32 Å². The molecule has 1 fully saturated rings. The molecule has 0 bridgehead atoms. The lowest BCUT2D eigenvalue weighted by Crippen LogP contribution is -2.21. The van der Waals surface area contributed by atoms with Gasteiger partial charge in [-0.25, -0.2) is 9.97 Å². The fourth-order valence-corrected chi connectivity index (χ4v) is 2.89. The second-order valence-electron chi connectivity index (χ2n) is 4.90. The van der Waals surface area contributed by atoms with Crippen LogP contribution in [0.5, 0.6) is 0 Å². The average molecular weight is 298 g/mol. The van der Waals surface area contributed by atoms with Crippen molar-refractivity contribution in [1.29, 1.82) is 0 Å². The molecule has 0 radical (unpaired) electrons. The highest BCUT2D eigenvalue weighted by Gasteiger charge is 2.19. The monoisotopic (exact) mass is 297 g/mol. The van der Waals surface area contributed by atoms with Crippen molar-refractivity contribution in [3.05, 3.63) is 17.0 Å². The topological polar surface area (TPSA) is 37.8 Å². The lowest BCUT2D eigenvalue weighted by Gasteiger charge is -2.28. The van der Waals surface area contributed by atoms with Gasteiger partial charge >= 0.3 is 0 Å². The van der Waals surface area contributed by atoms with Gasteiger partial charge in [-0.2, -0.15) is 0 Å². The number of halogens is 1. The van der Waals surface area contributed by atoms with Crippen molar-refractivity contribution in [3.8, 4) is 0 Å². The molecule has 1 aromatic heterocycles. The standard InChI is InChI=1S/C13H20BrN3/c1-2-10-3-5-11(6-4-10)7-16-13-12(14)8-15-9-17-13/h8-11H,2-7H2,1H3,(H,15,16,17). The molecule has 94 valence electrons. The number of aromatic nitrogens is 2. The summed E-state index contributed by atoms with van der Waals surface area (Å²) in [5, 5.41) is 3.42. The van der Waals surface area contributed by atoms with Gasteiger partial charge in [0.05, 0.1) is 4.47 Å². The summed E-state index contributed by atoms with van der Waals surface area (Å²) in [5.41, 5.74) is 0. The molecule has 0 atom stereocenters. The smallest absolute Gasteiger partial charge is 0.143 e. The Labute approximate surface area is 112 Å². The van der Waals surface area contributed by atoms with Gasteiger partial charge in [0.15, 0.2) is 0 Å². The van der Waals surface area contributed by atoms with E-state index in [1.54, 1.807) is 12.5 Å². The first-order chi connectivity index (χ1) is 8.29. The number of anilines is 1. The number of hydrogen-bond donors (Lipinski definition) is 1. The summed E-state index contributed by atoms with van der Waals surface area (Å²) in [5.74, 6) is 2.69. The van der Waals surface area contributed by atoms with Gasteiger partial charge in [-0.15, -0.1) is 0 Å². The molecule has 4 heteroatoms. The van der Waals surface area contributed by atoms with E-state index in [1.807, 2.05) is 0 Å². The number of rotatable bonds is 4. The highest BCUT2D eigenvalue weighted by atomic mass is 79.9. The Morgan fingerprint density at radius 2 is 2.00 bits per heavy atom. The van der Waals surface area contributed by atoms with E-state index in [2.05, 4.69) is 38.1 Å². The molecule has 1 heterocycles. The fourth-order valence-electron chi connectivity index (χ4n) is 2.53. The van der Waals surface area contributed by atoms with E-state index < -0.39 is 0 Å². The third kappa shape index (κ3) is 3.66. The molecule has 1 N–H and O–H groups in total. The molecular formula is C13H20BrN3. The van der Waals surface area contributed by atoms with Gasteiger partial charge in [0, 0.05) is 12.7 Å². The highest BCUT2D eigenvalue weighted by molar-refractivity contribution is 9.10. The first kappa shape index (κ1) is 12.8. The molecule has 2 rings (SSSR count). The first-order valence-corrected chi connectivity index (χ1v) is 7.28. The first-order valence-electron chi connectivity index (χ1n) is 6.49. The van der Waals surface area contributed by atoms with E-state index >= 15 is 0 Å². The van der Waals surface area contributed by atoms with E-state index in [9.17, 15) is 0 Å². The second-order valence-corrected chi connectivity index (χ2v) is 5.75. The molecule has 3 nitrogen and oxygen atoms in total. The minimum absolute atomic E-state index is 0.805. The van der Waals surface area contributed by atoms with Crippen LogP contribution in [0.3, 0.4) is 0 Å². The largest absolute Gasteiger partial charge is 0.369 e. The van der Waals surface area contributed by atoms with Crippen LogP contribution in [0.1, 0.15) is 39.0 Å². The summed E-state index contributed by atoms with van der Waals surface area (Å²) >= 11 is 3.45. The number of hydrogen-bond acceptors (Lipinski definition) is 3. The van der Waals surface area contributed by atoms with Crippen molar-refractivity contribution in [2.24, 2.45) is 11.8 Å².